The van der Waals surface area contributed by atoms with Gasteiger partial charge in [-0.15, -0.1) is 0 Å². The summed E-state index contributed by atoms with van der Waals surface area (Å²) in [6.45, 7) is 8.93. The summed E-state index contributed by atoms with van der Waals surface area (Å²) in [5.41, 5.74) is 3.60. The summed E-state index contributed by atoms with van der Waals surface area (Å²) in [4.78, 5) is 14.7. The average Bonchev–Trinajstić information content (AvgIpc) is 2.18. The Bertz CT molecular complexity index is 185. The maximum atomic E-state index is 11.3. The van der Waals surface area contributed by atoms with E-state index in [0.717, 1.165) is 32.7 Å². The number of amides is 1. The molecule has 0 unspecified atom stereocenters. The molecule has 0 aliphatic carbocycles. The van der Waals surface area contributed by atoms with Crippen molar-refractivity contribution in [1.82, 2.24) is 4.90 Å². The molecule has 0 aromatic rings. The SMILES string of the molecule is C=CC[NH+]1CCN(C(=O)C[NH3+])CC1. The lowest BCUT2D eigenvalue weighted by molar-refractivity contribution is -0.898. The molecular weight excluding hydrogens is 166 g/mol. The smallest absolute Gasteiger partial charge is 0.278 e. The molecule has 0 atom stereocenters. The normalized spacial score (nSPS) is 18.7. The molecule has 1 amide bonds. The fourth-order valence-electron chi connectivity index (χ4n) is 1.64. The minimum Gasteiger partial charge on any atom is -0.350 e. The van der Waals surface area contributed by atoms with Gasteiger partial charge in [0.2, 0.25) is 0 Å². The van der Waals surface area contributed by atoms with Crippen LogP contribution in [0.2, 0.25) is 0 Å². The largest absolute Gasteiger partial charge is 0.350 e. The molecule has 4 heteroatoms. The first-order valence-electron chi connectivity index (χ1n) is 4.79. The molecule has 1 saturated heterocycles. The van der Waals surface area contributed by atoms with Gasteiger partial charge in [0.15, 0.2) is 6.54 Å². The Kier molecular flexibility index (Phi) is 3.92. The summed E-state index contributed by atoms with van der Waals surface area (Å²) in [5, 5.41) is 0. The van der Waals surface area contributed by atoms with Crippen LogP contribution in [0, 0.1) is 0 Å². The van der Waals surface area contributed by atoms with Gasteiger partial charge in [0.05, 0.1) is 32.7 Å². The van der Waals surface area contributed by atoms with E-state index < -0.39 is 0 Å². The third-order valence-electron chi connectivity index (χ3n) is 2.47. The fourth-order valence-corrected chi connectivity index (χ4v) is 1.64. The summed E-state index contributed by atoms with van der Waals surface area (Å²) in [5.74, 6) is 0.178. The highest BCUT2D eigenvalue weighted by Crippen LogP contribution is 1.88. The summed E-state index contributed by atoms with van der Waals surface area (Å²) in [7, 11) is 0. The Hall–Kier alpha value is -0.870. The Morgan fingerprint density at radius 1 is 1.54 bits per heavy atom. The molecule has 13 heavy (non-hydrogen) atoms. The second kappa shape index (κ2) is 4.99. The van der Waals surface area contributed by atoms with Crippen LogP contribution >= 0.6 is 0 Å². The lowest BCUT2D eigenvalue weighted by atomic mass is 10.3. The molecule has 1 aliphatic rings. The van der Waals surface area contributed by atoms with Crippen LogP contribution < -0.4 is 10.6 Å². The molecule has 4 nitrogen and oxygen atoms in total. The minimum absolute atomic E-state index is 0.178. The molecule has 74 valence electrons. The zero-order valence-electron chi connectivity index (χ0n) is 8.09. The van der Waals surface area contributed by atoms with Crippen LogP contribution in [0.5, 0.6) is 0 Å². The molecule has 0 aromatic carbocycles. The Morgan fingerprint density at radius 3 is 2.62 bits per heavy atom. The Labute approximate surface area is 79.0 Å². The molecule has 1 heterocycles. The van der Waals surface area contributed by atoms with E-state index in [0.29, 0.717) is 6.54 Å². The second-order valence-corrected chi connectivity index (χ2v) is 3.37. The van der Waals surface area contributed by atoms with E-state index >= 15 is 0 Å². The van der Waals surface area contributed by atoms with E-state index in [1.54, 1.807) is 0 Å². The van der Waals surface area contributed by atoms with Gasteiger partial charge in [-0.2, -0.15) is 0 Å². The summed E-state index contributed by atoms with van der Waals surface area (Å²) in [6, 6.07) is 0. The fraction of sp³-hybridized carbons (Fsp3) is 0.667. The van der Waals surface area contributed by atoms with Gasteiger partial charge in [-0.3, -0.25) is 4.79 Å². The molecule has 0 aromatic heterocycles. The number of carbonyl (C=O) groups excluding carboxylic acids is 1. The lowest BCUT2D eigenvalue weighted by Gasteiger charge is -2.30. The predicted molar refractivity (Wildman–Crippen MR) is 50.1 cm³/mol. The number of carbonyl (C=O) groups is 1. The number of hydrogen-bond donors (Lipinski definition) is 2. The highest BCUT2D eigenvalue weighted by molar-refractivity contribution is 5.76. The molecule has 0 spiro atoms. The summed E-state index contributed by atoms with van der Waals surface area (Å²) < 4.78 is 0. The van der Waals surface area contributed by atoms with Crippen molar-refractivity contribution < 1.29 is 15.4 Å². The zero-order chi connectivity index (χ0) is 9.68. The van der Waals surface area contributed by atoms with Crippen LogP contribution in [0.1, 0.15) is 0 Å². The van der Waals surface area contributed by atoms with Crippen LogP contribution in [-0.2, 0) is 4.79 Å². The molecule has 1 fully saturated rings. The number of quaternary nitrogens is 2. The third-order valence-corrected chi connectivity index (χ3v) is 2.47. The number of rotatable bonds is 3. The summed E-state index contributed by atoms with van der Waals surface area (Å²) >= 11 is 0. The van der Waals surface area contributed by atoms with E-state index in [4.69, 9.17) is 0 Å². The summed E-state index contributed by atoms with van der Waals surface area (Å²) in [6.07, 6.45) is 1.94. The Balaban J connectivity index is 2.30. The van der Waals surface area contributed by atoms with Gasteiger partial charge in [0.25, 0.3) is 5.91 Å². The van der Waals surface area contributed by atoms with Crippen LogP contribution in [-0.4, -0.2) is 50.1 Å². The van der Waals surface area contributed by atoms with Crippen molar-refractivity contribution in [1.29, 1.82) is 0 Å². The van der Waals surface area contributed by atoms with Gasteiger partial charge in [-0.25, -0.2) is 0 Å². The van der Waals surface area contributed by atoms with Gasteiger partial charge in [0, 0.05) is 0 Å². The van der Waals surface area contributed by atoms with E-state index in [9.17, 15) is 4.79 Å². The average molecular weight is 185 g/mol. The molecular formula is C9H19N3O+2. The Morgan fingerprint density at radius 2 is 2.15 bits per heavy atom. The van der Waals surface area contributed by atoms with Crippen molar-refractivity contribution in [3.63, 3.8) is 0 Å². The van der Waals surface area contributed by atoms with E-state index in [1.165, 1.54) is 4.90 Å². The first-order valence-corrected chi connectivity index (χ1v) is 4.79. The molecule has 0 saturated carbocycles. The number of piperazine rings is 1. The number of hydrogen-bond acceptors (Lipinski definition) is 1. The van der Waals surface area contributed by atoms with Crippen molar-refractivity contribution in [2.45, 2.75) is 0 Å². The quantitative estimate of drug-likeness (QED) is 0.457. The molecule has 0 radical (unpaired) electrons. The monoisotopic (exact) mass is 185 g/mol. The lowest BCUT2D eigenvalue weighted by Crippen LogP contribution is -3.14. The predicted octanol–water partition coefficient (Wildman–Crippen LogP) is -2.86. The van der Waals surface area contributed by atoms with Crippen LogP contribution in [0.4, 0.5) is 0 Å². The van der Waals surface area contributed by atoms with Gasteiger partial charge in [-0.05, 0) is 6.08 Å². The van der Waals surface area contributed by atoms with Crippen molar-refractivity contribution in [2.24, 2.45) is 0 Å². The molecule has 1 aliphatic heterocycles. The topological polar surface area (TPSA) is 52.4 Å². The number of nitrogens with zero attached hydrogens (tertiary/aromatic N) is 1. The van der Waals surface area contributed by atoms with Crippen molar-refractivity contribution in [3.05, 3.63) is 12.7 Å². The first kappa shape index (κ1) is 10.2. The zero-order valence-corrected chi connectivity index (χ0v) is 8.09. The van der Waals surface area contributed by atoms with Gasteiger partial charge in [-0.1, -0.05) is 6.58 Å². The second-order valence-electron chi connectivity index (χ2n) is 3.37. The molecule has 1 rings (SSSR count). The maximum absolute atomic E-state index is 11.3. The van der Waals surface area contributed by atoms with Gasteiger partial charge in [0.1, 0.15) is 0 Å². The van der Waals surface area contributed by atoms with Crippen LogP contribution in [0.25, 0.3) is 0 Å². The minimum atomic E-state index is 0.178. The van der Waals surface area contributed by atoms with Crippen molar-refractivity contribution in [2.75, 3.05) is 39.3 Å². The standard InChI is InChI=1S/C9H17N3O/c1-2-3-11-4-6-12(7-5-11)9(13)8-10/h2H,1,3-8,10H2/p+2. The van der Waals surface area contributed by atoms with E-state index in [-0.39, 0.29) is 5.91 Å². The third kappa shape index (κ3) is 2.82. The van der Waals surface area contributed by atoms with E-state index in [1.807, 2.05) is 11.0 Å². The molecule has 4 N–H and O–H groups in total. The highest BCUT2D eigenvalue weighted by Gasteiger charge is 2.22. The van der Waals surface area contributed by atoms with Crippen LogP contribution in [0.15, 0.2) is 12.7 Å². The first-order chi connectivity index (χ1) is 6.27. The maximum Gasteiger partial charge on any atom is 0.278 e. The molecule has 0 bridgehead atoms. The van der Waals surface area contributed by atoms with Crippen molar-refractivity contribution >= 4 is 5.91 Å². The highest BCUT2D eigenvalue weighted by atomic mass is 16.2. The van der Waals surface area contributed by atoms with Crippen molar-refractivity contribution in [3.8, 4) is 0 Å². The van der Waals surface area contributed by atoms with Crippen LogP contribution in [0.3, 0.4) is 0 Å². The number of nitrogens with one attached hydrogen (secondary N) is 1. The van der Waals surface area contributed by atoms with Gasteiger partial charge >= 0.3 is 0 Å². The van der Waals surface area contributed by atoms with E-state index in [2.05, 4.69) is 12.3 Å². The van der Waals surface area contributed by atoms with Gasteiger partial charge < -0.3 is 15.5 Å².